The van der Waals surface area contributed by atoms with E-state index in [1.165, 1.54) is 6.42 Å². The van der Waals surface area contributed by atoms with E-state index in [4.69, 9.17) is 51.7 Å². The van der Waals surface area contributed by atoms with Gasteiger partial charge in [0.2, 0.25) is 0 Å². The number of ether oxygens (including phenoxy) is 9. The average molecular weight is 951 g/mol. The smallest absolute Gasteiger partial charge is 0.190 e. The minimum absolute atomic E-state index is 0.326. The molecule has 67 heavy (non-hydrogen) atoms. The average Bonchev–Trinajstić information content (AvgIpc) is 3.76. The number of rotatable bonds is 10. The van der Waals surface area contributed by atoms with E-state index >= 15 is 0 Å². The zero-order chi connectivity index (χ0) is 44.7. The topological polar surface area (TPSA) is 102 Å². The van der Waals surface area contributed by atoms with E-state index in [0.717, 1.165) is 111 Å². The molecular formula is C54H64O11P2. The van der Waals surface area contributed by atoms with Gasteiger partial charge in [0.05, 0.1) is 29.5 Å². The van der Waals surface area contributed by atoms with Crippen LogP contribution in [0.25, 0.3) is 0 Å². The molecule has 12 rings (SSSR count). The molecule has 0 unspecified atom stereocenters. The van der Waals surface area contributed by atoms with Crippen LogP contribution < -0.4 is 21.2 Å². The van der Waals surface area contributed by atoms with Crippen LogP contribution in [-0.4, -0.2) is 92.0 Å². The number of benzene rings is 4. The summed E-state index contributed by atoms with van der Waals surface area (Å²) in [5, 5.41) is 4.29. The van der Waals surface area contributed by atoms with Crippen molar-refractivity contribution in [3.05, 3.63) is 121 Å². The molecule has 10 atom stereocenters. The first-order chi connectivity index (χ1) is 33.0. The minimum Gasteiger partial charge on any atom is -0.347 e. The fourth-order valence-electron chi connectivity index (χ4n) is 11.8. The lowest BCUT2D eigenvalue weighted by atomic mass is 9.90. The highest BCUT2D eigenvalue weighted by molar-refractivity contribution is 7.69. The molecule has 5 heterocycles. The predicted octanol–water partition coefficient (Wildman–Crippen LogP) is 8.92. The lowest BCUT2D eigenvalue weighted by Gasteiger charge is -2.55. The van der Waals surface area contributed by atoms with Crippen LogP contribution in [0, 0.1) is 0 Å². The standard InChI is InChI=1S/C54H64O11P2/c1-8-22-38(23-9-1)66(39-24-10-2-11-25-39)64-47-45-43(37-56-53(61-45)32-18-6-19-33-53)58-51(49(47)65-67(40-26-12-3-13-27-40)41-28-14-4-15-29-41)59-50-48-46(62-54(63-48)34-20-7-21-35-54)44-42(57-50)36-55-52(60-44)30-16-5-17-31-52/h1-4,8-15,22-29,42-51H,5-7,16-21,30-37H2/t42-,43-,44-,45-,46+,47+,48-,49-,50-,51-/m1/s1. The lowest BCUT2D eigenvalue weighted by Crippen LogP contribution is -2.69. The van der Waals surface area contributed by atoms with Crippen LogP contribution in [0.3, 0.4) is 0 Å². The fourth-order valence-corrected chi connectivity index (χ4v) is 15.6. The molecule has 0 amide bonds. The van der Waals surface area contributed by atoms with Gasteiger partial charge in [-0.3, -0.25) is 0 Å². The van der Waals surface area contributed by atoms with E-state index < -0.39 is 89.0 Å². The van der Waals surface area contributed by atoms with Crippen molar-refractivity contribution in [2.24, 2.45) is 0 Å². The summed E-state index contributed by atoms with van der Waals surface area (Å²) in [6, 6.07) is 42.0. The van der Waals surface area contributed by atoms with Crippen LogP contribution in [-0.2, 0) is 51.7 Å². The molecule has 3 aliphatic carbocycles. The van der Waals surface area contributed by atoms with Gasteiger partial charge < -0.3 is 51.7 Å². The molecular weight excluding hydrogens is 887 g/mol. The van der Waals surface area contributed by atoms with Crippen molar-refractivity contribution in [1.29, 1.82) is 0 Å². The summed E-state index contributed by atoms with van der Waals surface area (Å²) in [6.45, 7) is 0.702. The second kappa shape index (κ2) is 19.8. The van der Waals surface area contributed by atoms with E-state index in [0.29, 0.717) is 13.2 Å². The molecule has 4 aromatic rings. The summed E-state index contributed by atoms with van der Waals surface area (Å²) in [4.78, 5) is 0. The van der Waals surface area contributed by atoms with E-state index in [1.807, 2.05) is 12.1 Å². The highest BCUT2D eigenvalue weighted by atomic mass is 31.1. The van der Waals surface area contributed by atoms with Crippen molar-refractivity contribution in [1.82, 2.24) is 0 Å². The first kappa shape index (κ1) is 45.4. The van der Waals surface area contributed by atoms with Gasteiger partial charge in [-0.1, -0.05) is 141 Å². The van der Waals surface area contributed by atoms with Crippen molar-refractivity contribution in [3.8, 4) is 0 Å². The molecule has 8 aliphatic rings. The molecule has 5 saturated heterocycles. The van der Waals surface area contributed by atoms with Crippen LogP contribution in [0.5, 0.6) is 0 Å². The molecule has 13 heteroatoms. The minimum atomic E-state index is -1.44. The second-order valence-electron chi connectivity index (χ2n) is 19.7. The van der Waals surface area contributed by atoms with Gasteiger partial charge in [0.1, 0.15) is 48.8 Å². The monoisotopic (exact) mass is 950 g/mol. The molecule has 3 spiro atoms. The lowest BCUT2D eigenvalue weighted by molar-refractivity contribution is -0.423. The Morgan fingerprint density at radius 1 is 0.373 bits per heavy atom. The summed E-state index contributed by atoms with van der Waals surface area (Å²) in [5.41, 5.74) is 0. The Balaban J connectivity index is 0.952. The van der Waals surface area contributed by atoms with E-state index in [2.05, 4.69) is 109 Å². The highest BCUT2D eigenvalue weighted by Gasteiger charge is 2.64. The third kappa shape index (κ3) is 9.37. The maximum atomic E-state index is 7.77. The maximum absolute atomic E-state index is 7.77. The Morgan fingerprint density at radius 3 is 1.22 bits per heavy atom. The molecule has 5 aliphatic heterocycles. The molecule has 0 radical (unpaired) electrons. The van der Waals surface area contributed by atoms with Crippen LogP contribution >= 0.6 is 16.3 Å². The Kier molecular flexibility index (Phi) is 13.5. The summed E-state index contributed by atoms with van der Waals surface area (Å²) in [5.74, 6) is -2.09. The SMILES string of the molecule is c1ccc(P(O[C@@H]2[C@@H](OP(c3ccccc3)c3ccccc3)[C@@H](O[C@H]3O[C@@H]4COC5(CCCCC5)O[C@H]4[C@@H]4OC5(CCCCC5)O[C@@H]34)O[C@@H]3COC4(CCCCC4)O[C@@H]23)c2ccccc2)cc1. The van der Waals surface area contributed by atoms with E-state index in [9.17, 15) is 0 Å². The zero-order valence-electron chi connectivity index (χ0n) is 38.2. The molecule has 0 aromatic heterocycles. The Bertz CT molecular complexity index is 2130. The maximum Gasteiger partial charge on any atom is 0.190 e. The van der Waals surface area contributed by atoms with Gasteiger partial charge in [0.15, 0.2) is 29.9 Å². The number of fused-ring (bicyclic) bond motifs is 4. The van der Waals surface area contributed by atoms with Gasteiger partial charge in [0.25, 0.3) is 0 Å². The van der Waals surface area contributed by atoms with Crippen LogP contribution in [0.4, 0.5) is 0 Å². The van der Waals surface area contributed by atoms with Gasteiger partial charge in [-0.2, -0.15) is 0 Å². The highest BCUT2D eigenvalue weighted by Crippen LogP contribution is 2.53. The van der Waals surface area contributed by atoms with E-state index in [1.54, 1.807) is 0 Å². The first-order valence-corrected chi connectivity index (χ1v) is 27.7. The van der Waals surface area contributed by atoms with Gasteiger partial charge in [0, 0.05) is 59.7 Å². The summed E-state index contributed by atoms with van der Waals surface area (Å²) in [7, 11) is -2.83. The summed E-state index contributed by atoms with van der Waals surface area (Å²) < 4.78 is 79.3. The summed E-state index contributed by atoms with van der Waals surface area (Å²) in [6.07, 6.45) is 8.52. The molecule has 3 saturated carbocycles. The molecule has 0 N–H and O–H groups in total. The van der Waals surface area contributed by atoms with Crippen molar-refractivity contribution in [2.75, 3.05) is 13.2 Å². The molecule has 11 nitrogen and oxygen atoms in total. The van der Waals surface area contributed by atoms with Crippen molar-refractivity contribution < 1.29 is 51.7 Å². The zero-order valence-corrected chi connectivity index (χ0v) is 40.0. The van der Waals surface area contributed by atoms with Gasteiger partial charge in [-0.05, 0) is 38.5 Å². The normalized spacial score (nSPS) is 34.2. The molecule has 356 valence electrons. The summed E-state index contributed by atoms with van der Waals surface area (Å²) >= 11 is 0. The molecule has 0 bridgehead atoms. The number of hydrogen-bond donors (Lipinski definition) is 0. The third-order valence-electron chi connectivity index (χ3n) is 15.1. The Hall–Kier alpha value is -2.70. The van der Waals surface area contributed by atoms with Crippen molar-refractivity contribution in [2.45, 2.75) is 175 Å². The van der Waals surface area contributed by atoms with Crippen LogP contribution in [0.1, 0.15) is 96.3 Å². The van der Waals surface area contributed by atoms with Gasteiger partial charge in [-0.15, -0.1) is 0 Å². The third-order valence-corrected chi connectivity index (χ3v) is 19.1. The largest absolute Gasteiger partial charge is 0.347 e. The second-order valence-corrected chi connectivity index (χ2v) is 23.3. The first-order valence-electron chi connectivity index (χ1n) is 25.1. The quantitative estimate of drug-likeness (QED) is 0.143. The van der Waals surface area contributed by atoms with Crippen LogP contribution in [0.15, 0.2) is 121 Å². The number of hydrogen-bond acceptors (Lipinski definition) is 11. The van der Waals surface area contributed by atoms with Crippen molar-refractivity contribution in [3.63, 3.8) is 0 Å². The van der Waals surface area contributed by atoms with Gasteiger partial charge in [-0.25, -0.2) is 0 Å². The van der Waals surface area contributed by atoms with E-state index in [-0.39, 0.29) is 6.10 Å². The van der Waals surface area contributed by atoms with Crippen molar-refractivity contribution >= 4 is 37.5 Å². The predicted molar refractivity (Wildman–Crippen MR) is 255 cm³/mol. The Labute approximate surface area is 397 Å². The molecule has 4 aromatic carbocycles. The molecule has 8 fully saturated rings. The fraction of sp³-hybridized carbons (Fsp3) is 0.556. The Morgan fingerprint density at radius 2 is 0.746 bits per heavy atom. The van der Waals surface area contributed by atoms with Crippen LogP contribution in [0.2, 0.25) is 0 Å². The van der Waals surface area contributed by atoms with Gasteiger partial charge >= 0.3 is 0 Å².